The zero-order valence-electron chi connectivity index (χ0n) is 7.60. The van der Waals surface area contributed by atoms with Crippen molar-refractivity contribution in [2.45, 2.75) is 5.16 Å². The van der Waals surface area contributed by atoms with Crippen LogP contribution in [0.1, 0.15) is 0 Å². The molecule has 5 heteroatoms. The summed E-state index contributed by atoms with van der Waals surface area (Å²) in [5.41, 5.74) is 0.588. The van der Waals surface area contributed by atoms with E-state index in [1.807, 2.05) is 36.6 Å². The fourth-order valence-corrected chi connectivity index (χ4v) is 1.70. The fraction of sp³-hybridized carbons (Fsp3) is 0.111. The summed E-state index contributed by atoms with van der Waals surface area (Å²) >= 11 is 1.43. The summed E-state index contributed by atoms with van der Waals surface area (Å²) < 4.78 is 1.67. The van der Waals surface area contributed by atoms with Crippen LogP contribution < -0.4 is 5.69 Å². The molecule has 0 aliphatic heterocycles. The van der Waals surface area contributed by atoms with Crippen molar-refractivity contribution in [3.8, 4) is 5.69 Å². The number of aromatic nitrogens is 3. The van der Waals surface area contributed by atoms with Gasteiger partial charge in [-0.25, -0.2) is 14.6 Å². The Balaban J connectivity index is 2.56. The maximum atomic E-state index is 11.0. The molecule has 0 amide bonds. The number of aromatic amines is 1. The van der Waals surface area contributed by atoms with E-state index in [0.717, 1.165) is 5.69 Å². The lowest BCUT2D eigenvalue weighted by Crippen LogP contribution is -2.04. The molecule has 1 aromatic carbocycles. The lowest BCUT2D eigenvalue weighted by Gasteiger charge is -2.03. The quantitative estimate of drug-likeness (QED) is 0.755. The predicted octanol–water partition coefficient (Wildman–Crippen LogP) is 1.28. The standard InChI is InChI=1S/C9H9N3OS/c1-14-9-10-8(13)11-12(9)7-5-3-2-4-6-7/h2-6H,1H3,(H,11,13). The summed E-state index contributed by atoms with van der Waals surface area (Å²) in [6, 6.07) is 9.58. The largest absolute Gasteiger partial charge is 0.362 e. The van der Waals surface area contributed by atoms with Gasteiger partial charge in [-0.15, -0.1) is 0 Å². The van der Waals surface area contributed by atoms with Gasteiger partial charge in [0, 0.05) is 0 Å². The Bertz CT molecular complexity index is 474. The topological polar surface area (TPSA) is 50.7 Å². The number of benzene rings is 1. The van der Waals surface area contributed by atoms with Gasteiger partial charge in [-0.3, -0.25) is 0 Å². The SMILES string of the molecule is CSc1nc(=O)[nH]n1-c1ccccc1. The Kier molecular flexibility index (Phi) is 2.41. The van der Waals surface area contributed by atoms with Crippen molar-refractivity contribution >= 4 is 11.8 Å². The maximum absolute atomic E-state index is 11.0. The lowest BCUT2D eigenvalue weighted by molar-refractivity contribution is 0.783. The minimum absolute atomic E-state index is 0.321. The molecule has 0 atom stereocenters. The molecule has 0 aliphatic rings. The first-order valence-corrected chi connectivity index (χ1v) is 5.32. The molecule has 1 N–H and O–H groups in total. The summed E-state index contributed by atoms with van der Waals surface area (Å²) in [7, 11) is 0. The molecular weight excluding hydrogens is 198 g/mol. The second-order valence-corrected chi connectivity index (χ2v) is 3.46. The molecular formula is C9H9N3OS. The van der Waals surface area contributed by atoms with Crippen molar-refractivity contribution in [1.29, 1.82) is 0 Å². The molecule has 0 saturated heterocycles. The second-order valence-electron chi connectivity index (χ2n) is 2.69. The average molecular weight is 207 g/mol. The van der Waals surface area contributed by atoms with Gasteiger partial charge in [0.25, 0.3) is 0 Å². The van der Waals surface area contributed by atoms with Crippen LogP contribution in [-0.4, -0.2) is 21.0 Å². The first-order valence-electron chi connectivity index (χ1n) is 4.10. The van der Waals surface area contributed by atoms with Crippen LogP contribution >= 0.6 is 11.8 Å². The number of rotatable bonds is 2. The van der Waals surface area contributed by atoms with Crippen molar-refractivity contribution in [3.63, 3.8) is 0 Å². The van der Waals surface area contributed by atoms with Crippen LogP contribution in [0.2, 0.25) is 0 Å². The van der Waals surface area contributed by atoms with Gasteiger partial charge in [0.2, 0.25) is 0 Å². The van der Waals surface area contributed by atoms with Crippen molar-refractivity contribution < 1.29 is 0 Å². The molecule has 72 valence electrons. The highest BCUT2D eigenvalue weighted by Gasteiger charge is 2.05. The molecule has 4 nitrogen and oxygen atoms in total. The Morgan fingerprint density at radius 2 is 2.07 bits per heavy atom. The second kappa shape index (κ2) is 3.71. The van der Waals surface area contributed by atoms with Gasteiger partial charge in [0.05, 0.1) is 5.69 Å². The summed E-state index contributed by atoms with van der Waals surface area (Å²) in [6.45, 7) is 0. The molecule has 0 saturated carbocycles. The van der Waals surface area contributed by atoms with Crippen molar-refractivity contribution in [2.75, 3.05) is 6.26 Å². The van der Waals surface area contributed by atoms with E-state index in [9.17, 15) is 4.79 Å². The van der Waals surface area contributed by atoms with E-state index in [1.165, 1.54) is 11.8 Å². The van der Waals surface area contributed by atoms with Gasteiger partial charge in [-0.05, 0) is 18.4 Å². The number of hydrogen-bond acceptors (Lipinski definition) is 3. The zero-order valence-corrected chi connectivity index (χ0v) is 8.41. The van der Waals surface area contributed by atoms with Gasteiger partial charge in [0.1, 0.15) is 0 Å². The van der Waals surface area contributed by atoms with Crippen LogP contribution in [0.25, 0.3) is 5.69 Å². The smallest absolute Gasteiger partial charge is 0.244 e. The Hall–Kier alpha value is -1.49. The van der Waals surface area contributed by atoms with E-state index in [2.05, 4.69) is 10.1 Å². The summed E-state index contributed by atoms with van der Waals surface area (Å²) in [5.74, 6) is 0. The number of para-hydroxylation sites is 1. The normalized spacial score (nSPS) is 10.4. The van der Waals surface area contributed by atoms with Crippen LogP contribution in [0.15, 0.2) is 40.3 Å². The van der Waals surface area contributed by atoms with Crippen LogP contribution in [0, 0.1) is 0 Å². The number of thioether (sulfide) groups is 1. The fourth-order valence-electron chi connectivity index (χ4n) is 1.19. The molecule has 0 aliphatic carbocycles. The Morgan fingerprint density at radius 3 is 2.71 bits per heavy atom. The van der Waals surface area contributed by atoms with Gasteiger partial charge in [-0.2, -0.15) is 4.98 Å². The first-order chi connectivity index (χ1) is 6.81. The molecule has 0 spiro atoms. The Morgan fingerprint density at radius 1 is 1.36 bits per heavy atom. The number of nitrogens with one attached hydrogen (secondary N) is 1. The van der Waals surface area contributed by atoms with Gasteiger partial charge in [0.15, 0.2) is 5.16 Å². The third kappa shape index (κ3) is 1.58. The first kappa shape index (κ1) is 9.08. The van der Waals surface area contributed by atoms with Crippen molar-refractivity contribution in [1.82, 2.24) is 14.8 Å². The van der Waals surface area contributed by atoms with Crippen molar-refractivity contribution in [2.24, 2.45) is 0 Å². The highest BCUT2D eigenvalue weighted by atomic mass is 32.2. The molecule has 1 heterocycles. The third-order valence-electron chi connectivity index (χ3n) is 1.79. The van der Waals surface area contributed by atoms with E-state index in [0.29, 0.717) is 5.16 Å². The Labute approximate surface area is 85.0 Å². The molecule has 0 unspecified atom stereocenters. The minimum atomic E-state index is -0.321. The molecule has 0 fully saturated rings. The molecule has 14 heavy (non-hydrogen) atoms. The van der Waals surface area contributed by atoms with Gasteiger partial charge < -0.3 is 0 Å². The highest BCUT2D eigenvalue weighted by molar-refractivity contribution is 7.98. The van der Waals surface area contributed by atoms with Gasteiger partial charge in [-0.1, -0.05) is 30.0 Å². The number of nitrogens with zero attached hydrogens (tertiary/aromatic N) is 2. The lowest BCUT2D eigenvalue weighted by atomic mass is 10.3. The zero-order chi connectivity index (χ0) is 9.97. The van der Waals surface area contributed by atoms with E-state index >= 15 is 0 Å². The minimum Gasteiger partial charge on any atom is -0.244 e. The van der Waals surface area contributed by atoms with Crippen molar-refractivity contribution in [3.05, 3.63) is 40.8 Å². The molecule has 2 rings (SSSR count). The molecule has 1 aromatic heterocycles. The predicted molar refractivity (Wildman–Crippen MR) is 56.0 cm³/mol. The van der Waals surface area contributed by atoms with Crippen LogP contribution in [0.5, 0.6) is 0 Å². The highest BCUT2D eigenvalue weighted by Crippen LogP contribution is 2.13. The van der Waals surface area contributed by atoms with E-state index in [-0.39, 0.29) is 5.69 Å². The van der Waals surface area contributed by atoms with E-state index in [4.69, 9.17) is 0 Å². The van der Waals surface area contributed by atoms with Crippen LogP contribution in [0.3, 0.4) is 0 Å². The van der Waals surface area contributed by atoms with E-state index < -0.39 is 0 Å². The molecule has 2 aromatic rings. The van der Waals surface area contributed by atoms with E-state index in [1.54, 1.807) is 4.68 Å². The third-order valence-corrected chi connectivity index (χ3v) is 2.43. The monoisotopic (exact) mass is 207 g/mol. The summed E-state index contributed by atoms with van der Waals surface area (Å²) in [5, 5.41) is 3.31. The van der Waals surface area contributed by atoms with Crippen LogP contribution in [-0.2, 0) is 0 Å². The number of H-pyrrole nitrogens is 1. The maximum Gasteiger partial charge on any atom is 0.362 e. The summed E-state index contributed by atoms with van der Waals surface area (Å²) in [6.07, 6.45) is 1.88. The number of hydrogen-bond donors (Lipinski definition) is 1. The van der Waals surface area contributed by atoms with Gasteiger partial charge >= 0.3 is 5.69 Å². The molecule has 0 radical (unpaired) electrons. The average Bonchev–Trinajstić information content (AvgIpc) is 2.61. The molecule has 0 bridgehead atoms. The van der Waals surface area contributed by atoms with Crippen LogP contribution in [0.4, 0.5) is 0 Å². The summed E-state index contributed by atoms with van der Waals surface area (Å²) in [4.78, 5) is 14.9.